The Labute approximate surface area is 143 Å². The molecule has 0 unspecified atom stereocenters. The molecule has 0 N–H and O–H groups in total. The van der Waals surface area contributed by atoms with Crippen LogP contribution in [0.1, 0.15) is 32.1 Å². The fourth-order valence-corrected chi connectivity index (χ4v) is 2.21. The van der Waals surface area contributed by atoms with Crippen LogP contribution in [-0.4, -0.2) is 28.5 Å². The molecule has 26 heavy (non-hydrogen) atoms. The standard InChI is InChI=1S/C15H18F9N2/c1-2-25-9-10-26(11-25)8-6-4-3-5-7-12(16,17)13(18,19)14(20,21)15(22,23)24/h2,9-11H,1,3-8H2/q+1. The van der Waals surface area contributed by atoms with E-state index in [1.807, 2.05) is 0 Å². The topological polar surface area (TPSA) is 8.81 Å². The Morgan fingerprint density at radius 3 is 1.92 bits per heavy atom. The first-order valence-corrected chi connectivity index (χ1v) is 7.65. The van der Waals surface area contributed by atoms with Crippen molar-refractivity contribution in [1.29, 1.82) is 0 Å². The number of unbranched alkanes of at least 4 members (excludes halogenated alkanes) is 3. The molecule has 0 radical (unpaired) electrons. The predicted molar refractivity (Wildman–Crippen MR) is 75.0 cm³/mol. The first-order chi connectivity index (χ1) is 11.8. The van der Waals surface area contributed by atoms with Crippen molar-refractivity contribution in [1.82, 2.24) is 4.57 Å². The summed E-state index contributed by atoms with van der Waals surface area (Å²) in [7, 11) is 0. The van der Waals surface area contributed by atoms with Crippen LogP contribution in [0.3, 0.4) is 0 Å². The van der Waals surface area contributed by atoms with E-state index < -0.39 is 36.8 Å². The highest BCUT2D eigenvalue weighted by molar-refractivity contribution is 5.13. The number of aryl methyl sites for hydroxylation is 1. The van der Waals surface area contributed by atoms with Crippen LogP contribution in [0.2, 0.25) is 0 Å². The Hall–Kier alpha value is -1.68. The van der Waals surface area contributed by atoms with E-state index >= 15 is 0 Å². The number of alkyl halides is 9. The number of hydrogen-bond acceptors (Lipinski definition) is 0. The van der Waals surface area contributed by atoms with Gasteiger partial charge in [-0.3, -0.25) is 0 Å². The van der Waals surface area contributed by atoms with Crippen molar-refractivity contribution in [2.24, 2.45) is 0 Å². The number of hydrogen-bond donors (Lipinski definition) is 0. The summed E-state index contributed by atoms with van der Waals surface area (Å²) in [6.07, 6.45) is -1.66. The highest BCUT2D eigenvalue weighted by atomic mass is 19.4. The summed E-state index contributed by atoms with van der Waals surface area (Å²) in [5.41, 5.74) is 0. The number of halogens is 9. The summed E-state index contributed by atoms with van der Waals surface area (Å²) < 4.78 is 117. The van der Waals surface area contributed by atoms with Gasteiger partial charge in [0.15, 0.2) is 0 Å². The molecule has 1 heterocycles. The van der Waals surface area contributed by atoms with Gasteiger partial charge < -0.3 is 0 Å². The van der Waals surface area contributed by atoms with Crippen molar-refractivity contribution >= 4 is 6.20 Å². The molecule has 0 aliphatic heterocycles. The second-order valence-electron chi connectivity index (χ2n) is 5.80. The maximum absolute atomic E-state index is 13.3. The molecule has 0 saturated carbocycles. The third-order valence-electron chi connectivity index (χ3n) is 3.79. The molecule has 1 aromatic rings. The predicted octanol–water partition coefficient (Wildman–Crippen LogP) is 5.29. The fraction of sp³-hybridized carbons (Fsp3) is 0.667. The van der Waals surface area contributed by atoms with Gasteiger partial charge in [-0.05, 0) is 19.3 Å². The summed E-state index contributed by atoms with van der Waals surface area (Å²) in [5, 5.41) is 0. The average molecular weight is 397 g/mol. The lowest BCUT2D eigenvalue weighted by atomic mass is 9.98. The molecule has 0 atom stereocenters. The van der Waals surface area contributed by atoms with Gasteiger partial charge in [0.05, 0.1) is 12.7 Å². The monoisotopic (exact) mass is 397 g/mol. The first-order valence-electron chi connectivity index (χ1n) is 7.65. The zero-order valence-corrected chi connectivity index (χ0v) is 13.6. The molecule has 0 spiro atoms. The van der Waals surface area contributed by atoms with E-state index in [0.717, 1.165) is 0 Å². The van der Waals surface area contributed by atoms with Gasteiger partial charge in [0.1, 0.15) is 12.4 Å². The summed E-state index contributed by atoms with van der Waals surface area (Å²) >= 11 is 0. The Morgan fingerprint density at radius 2 is 1.42 bits per heavy atom. The minimum absolute atomic E-state index is 0.00795. The summed E-state index contributed by atoms with van der Waals surface area (Å²) in [6.45, 7) is 4.03. The molecule has 2 nitrogen and oxygen atoms in total. The number of rotatable bonds is 10. The van der Waals surface area contributed by atoms with Crippen LogP contribution in [0.5, 0.6) is 0 Å². The third-order valence-corrected chi connectivity index (χ3v) is 3.79. The molecule has 0 aliphatic carbocycles. The van der Waals surface area contributed by atoms with Gasteiger partial charge in [0, 0.05) is 6.42 Å². The lowest BCUT2D eigenvalue weighted by Gasteiger charge is -2.33. The lowest BCUT2D eigenvalue weighted by Crippen LogP contribution is -2.60. The second kappa shape index (κ2) is 7.91. The molecule has 0 saturated heterocycles. The van der Waals surface area contributed by atoms with E-state index in [2.05, 4.69) is 6.58 Å². The Balaban J connectivity index is 2.46. The van der Waals surface area contributed by atoms with Crippen molar-refractivity contribution in [3.8, 4) is 0 Å². The average Bonchev–Trinajstić information content (AvgIpc) is 2.97. The number of nitrogens with zero attached hydrogens (tertiary/aromatic N) is 2. The maximum atomic E-state index is 13.3. The normalized spacial score (nSPS) is 13.9. The summed E-state index contributed by atoms with van der Waals surface area (Å²) in [5.74, 6) is -18.8. The molecule has 0 bridgehead atoms. The molecule has 0 aromatic carbocycles. The number of imidazole rings is 1. The van der Waals surface area contributed by atoms with Gasteiger partial charge in [-0.15, -0.1) is 0 Å². The van der Waals surface area contributed by atoms with E-state index in [9.17, 15) is 39.5 Å². The van der Waals surface area contributed by atoms with Crippen LogP contribution < -0.4 is 4.57 Å². The van der Waals surface area contributed by atoms with Gasteiger partial charge in [-0.1, -0.05) is 13.0 Å². The SMILES string of the molecule is C=Cn1cc[n+](CCCCCCC(F)(F)C(F)(F)C(F)(F)C(F)(F)F)c1. The molecule has 0 amide bonds. The third kappa shape index (κ3) is 4.73. The van der Waals surface area contributed by atoms with Crippen LogP contribution in [0.4, 0.5) is 39.5 Å². The van der Waals surface area contributed by atoms with Crippen molar-refractivity contribution in [3.05, 3.63) is 25.3 Å². The molecular formula is C15H18F9N2+. The lowest BCUT2D eigenvalue weighted by molar-refractivity contribution is -0.696. The van der Waals surface area contributed by atoms with Gasteiger partial charge in [0.25, 0.3) is 0 Å². The van der Waals surface area contributed by atoms with Crippen molar-refractivity contribution < 1.29 is 44.1 Å². The van der Waals surface area contributed by atoms with E-state index in [1.54, 1.807) is 27.9 Å². The van der Waals surface area contributed by atoms with Crippen LogP contribution in [0.25, 0.3) is 6.20 Å². The van der Waals surface area contributed by atoms with Gasteiger partial charge in [-0.25, -0.2) is 9.13 Å². The molecule has 150 valence electrons. The van der Waals surface area contributed by atoms with Gasteiger partial charge >= 0.3 is 23.9 Å². The Morgan fingerprint density at radius 1 is 0.846 bits per heavy atom. The minimum Gasteiger partial charge on any atom is -0.236 e. The molecule has 1 rings (SSSR count). The van der Waals surface area contributed by atoms with Crippen LogP contribution in [0, 0.1) is 0 Å². The molecule has 11 heteroatoms. The Kier molecular flexibility index (Phi) is 6.80. The van der Waals surface area contributed by atoms with Gasteiger partial charge in [-0.2, -0.15) is 39.5 Å². The van der Waals surface area contributed by atoms with Crippen LogP contribution in [0.15, 0.2) is 25.3 Å². The van der Waals surface area contributed by atoms with Crippen LogP contribution in [-0.2, 0) is 6.54 Å². The van der Waals surface area contributed by atoms with Crippen molar-refractivity contribution in [2.45, 2.75) is 62.6 Å². The summed E-state index contributed by atoms with van der Waals surface area (Å²) in [6, 6.07) is 0. The number of aromatic nitrogens is 2. The zero-order valence-electron chi connectivity index (χ0n) is 13.6. The van der Waals surface area contributed by atoms with Crippen molar-refractivity contribution in [3.63, 3.8) is 0 Å². The molecule has 0 fully saturated rings. The quantitative estimate of drug-likeness (QED) is 0.288. The van der Waals surface area contributed by atoms with E-state index in [1.165, 1.54) is 6.20 Å². The zero-order chi connectivity index (χ0) is 20.2. The van der Waals surface area contributed by atoms with E-state index in [0.29, 0.717) is 19.4 Å². The second-order valence-corrected chi connectivity index (χ2v) is 5.80. The highest BCUT2D eigenvalue weighted by Crippen LogP contribution is 2.54. The van der Waals surface area contributed by atoms with E-state index in [4.69, 9.17) is 0 Å². The molecule has 0 aliphatic rings. The smallest absolute Gasteiger partial charge is 0.236 e. The first kappa shape index (κ1) is 22.4. The largest absolute Gasteiger partial charge is 0.460 e. The molecule has 1 aromatic heterocycles. The fourth-order valence-electron chi connectivity index (χ4n) is 2.21. The van der Waals surface area contributed by atoms with Crippen molar-refractivity contribution in [2.75, 3.05) is 0 Å². The maximum Gasteiger partial charge on any atom is 0.460 e. The van der Waals surface area contributed by atoms with Crippen LogP contribution >= 0.6 is 0 Å². The minimum atomic E-state index is -6.81. The summed E-state index contributed by atoms with van der Waals surface area (Å²) in [4.78, 5) is 0. The van der Waals surface area contributed by atoms with E-state index in [-0.39, 0.29) is 6.42 Å². The van der Waals surface area contributed by atoms with Gasteiger partial charge in [0.2, 0.25) is 6.33 Å². The highest BCUT2D eigenvalue weighted by Gasteiger charge is 2.81. The molecular weight excluding hydrogens is 379 g/mol. The Bertz CT molecular complexity index is 590.